The van der Waals surface area contributed by atoms with Crippen molar-refractivity contribution in [1.29, 1.82) is 0 Å². The number of nitrogens with one attached hydrogen (secondary N) is 1. The number of aromatic nitrogens is 2. The van der Waals surface area contributed by atoms with Crippen LogP contribution >= 0.6 is 0 Å². The second-order valence-corrected chi connectivity index (χ2v) is 5.50. The van der Waals surface area contributed by atoms with Crippen molar-refractivity contribution in [2.45, 2.75) is 13.3 Å². The molecule has 134 valence electrons. The van der Waals surface area contributed by atoms with E-state index in [0.717, 1.165) is 11.1 Å². The number of methoxy groups -OCH3 is 2. The summed E-state index contributed by atoms with van der Waals surface area (Å²) in [6, 6.07) is 10.7. The maximum atomic E-state index is 12.8. The molecule has 0 bridgehead atoms. The number of amides is 1. The van der Waals surface area contributed by atoms with Crippen molar-refractivity contribution in [2.75, 3.05) is 19.5 Å². The van der Waals surface area contributed by atoms with Crippen LogP contribution in [0.3, 0.4) is 0 Å². The fourth-order valence-electron chi connectivity index (χ4n) is 2.65. The van der Waals surface area contributed by atoms with Crippen LogP contribution < -0.4 is 14.8 Å². The smallest absolute Gasteiger partial charge is 0.256 e. The van der Waals surface area contributed by atoms with Gasteiger partial charge in [0, 0.05) is 16.8 Å². The molecule has 0 fully saturated rings. The molecule has 7 nitrogen and oxygen atoms in total. The van der Waals surface area contributed by atoms with E-state index in [0.29, 0.717) is 35.1 Å². The number of carbonyl (C=O) groups is 1. The highest BCUT2D eigenvalue weighted by molar-refractivity contribution is 6.06. The highest BCUT2D eigenvalue weighted by Crippen LogP contribution is 2.31. The lowest BCUT2D eigenvalue weighted by Gasteiger charge is -2.14. The van der Waals surface area contributed by atoms with Crippen LogP contribution in [0.4, 0.5) is 5.69 Å². The van der Waals surface area contributed by atoms with Crippen molar-refractivity contribution in [2.24, 2.45) is 0 Å². The largest absolute Gasteiger partial charge is 0.493 e. The summed E-state index contributed by atoms with van der Waals surface area (Å²) < 4.78 is 15.8. The van der Waals surface area contributed by atoms with Gasteiger partial charge in [-0.25, -0.2) is 0 Å². The number of anilines is 1. The quantitative estimate of drug-likeness (QED) is 0.729. The maximum absolute atomic E-state index is 12.8. The molecule has 1 amide bonds. The summed E-state index contributed by atoms with van der Waals surface area (Å²) in [6.45, 7) is 1.98. The van der Waals surface area contributed by atoms with E-state index in [-0.39, 0.29) is 5.91 Å². The molecule has 3 aromatic rings. The van der Waals surface area contributed by atoms with Gasteiger partial charge in [-0.1, -0.05) is 13.0 Å². The average molecular weight is 353 g/mol. The second-order valence-electron chi connectivity index (χ2n) is 5.50. The molecular formula is C19H19N3O4. The van der Waals surface area contributed by atoms with E-state index < -0.39 is 0 Å². The lowest BCUT2D eigenvalue weighted by molar-refractivity contribution is 0.102. The molecule has 1 N–H and O–H groups in total. The molecule has 7 heteroatoms. The van der Waals surface area contributed by atoms with Gasteiger partial charge in [-0.05, 0) is 42.3 Å². The molecule has 0 radical (unpaired) electrons. The third-order valence-corrected chi connectivity index (χ3v) is 3.96. The Bertz CT molecular complexity index is 907. The van der Waals surface area contributed by atoms with Crippen molar-refractivity contribution in [1.82, 2.24) is 10.2 Å². The first kappa shape index (κ1) is 17.5. The number of hydrogen-bond acceptors (Lipinski definition) is 6. The molecule has 26 heavy (non-hydrogen) atoms. The zero-order valence-corrected chi connectivity index (χ0v) is 14.8. The van der Waals surface area contributed by atoms with Crippen LogP contribution in [0.2, 0.25) is 0 Å². The SMILES string of the molecule is CCc1cc(OC)c(OC)cc1C(=O)Nc1cccc(-c2nnco2)c1. The highest BCUT2D eigenvalue weighted by atomic mass is 16.5. The molecule has 0 unspecified atom stereocenters. The van der Waals surface area contributed by atoms with Crippen LogP contribution in [-0.4, -0.2) is 30.3 Å². The van der Waals surface area contributed by atoms with E-state index in [9.17, 15) is 4.79 Å². The first-order valence-electron chi connectivity index (χ1n) is 8.09. The van der Waals surface area contributed by atoms with E-state index in [1.807, 2.05) is 25.1 Å². The first-order valence-corrected chi connectivity index (χ1v) is 8.09. The summed E-state index contributed by atoms with van der Waals surface area (Å²) >= 11 is 0. The van der Waals surface area contributed by atoms with Gasteiger partial charge in [0.15, 0.2) is 11.5 Å². The van der Waals surface area contributed by atoms with Crippen molar-refractivity contribution in [3.8, 4) is 23.0 Å². The normalized spacial score (nSPS) is 10.4. The van der Waals surface area contributed by atoms with Gasteiger partial charge in [0.05, 0.1) is 14.2 Å². The molecule has 0 aliphatic rings. The predicted octanol–water partition coefficient (Wildman–Crippen LogP) is 3.57. The number of hydrogen-bond donors (Lipinski definition) is 1. The Balaban J connectivity index is 1.90. The molecule has 0 aliphatic heterocycles. The lowest BCUT2D eigenvalue weighted by atomic mass is 10.0. The second kappa shape index (κ2) is 7.69. The van der Waals surface area contributed by atoms with E-state index in [1.54, 1.807) is 32.4 Å². The van der Waals surface area contributed by atoms with E-state index in [2.05, 4.69) is 15.5 Å². The fourth-order valence-corrected chi connectivity index (χ4v) is 2.65. The summed E-state index contributed by atoms with van der Waals surface area (Å²) in [6.07, 6.45) is 1.95. The Morgan fingerprint density at radius 2 is 1.92 bits per heavy atom. The number of rotatable bonds is 6. The van der Waals surface area contributed by atoms with Gasteiger partial charge in [-0.15, -0.1) is 10.2 Å². The van der Waals surface area contributed by atoms with Crippen LogP contribution in [-0.2, 0) is 6.42 Å². The van der Waals surface area contributed by atoms with Gasteiger partial charge >= 0.3 is 0 Å². The minimum absolute atomic E-state index is 0.231. The summed E-state index contributed by atoms with van der Waals surface area (Å²) in [5.74, 6) is 1.26. The van der Waals surface area contributed by atoms with Crippen LogP contribution in [0.25, 0.3) is 11.5 Å². The van der Waals surface area contributed by atoms with Crippen molar-refractivity contribution in [3.63, 3.8) is 0 Å². The summed E-state index contributed by atoms with van der Waals surface area (Å²) in [4.78, 5) is 12.8. The monoisotopic (exact) mass is 353 g/mol. The zero-order valence-electron chi connectivity index (χ0n) is 14.8. The van der Waals surface area contributed by atoms with E-state index in [4.69, 9.17) is 13.9 Å². The van der Waals surface area contributed by atoms with Crippen LogP contribution in [0, 0.1) is 0 Å². The van der Waals surface area contributed by atoms with Gasteiger partial charge in [-0.2, -0.15) is 0 Å². The fraction of sp³-hybridized carbons (Fsp3) is 0.211. The van der Waals surface area contributed by atoms with Crippen molar-refractivity contribution < 1.29 is 18.7 Å². The van der Waals surface area contributed by atoms with Gasteiger partial charge in [-0.3, -0.25) is 4.79 Å². The average Bonchev–Trinajstić information content (AvgIpc) is 3.21. The molecule has 1 aromatic heterocycles. The van der Waals surface area contributed by atoms with Gasteiger partial charge in [0.1, 0.15) is 0 Å². The number of ether oxygens (including phenoxy) is 2. The van der Waals surface area contributed by atoms with Crippen molar-refractivity contribution >= 4 is 11.6 Å². The molecule has 0 atom stereocenters. The standard InChI is InChI=1S/C19H19N3O4/c1-4-12-9-16(24-2)17(25-3)10-15(12)18(23)21-14-7-5-6-13(8-14)19-22-20-11-26-19/h5-11H,4H2,1-3H3,(H,21,23). The third-order valence-electron chi connectivity index (χ3n) is 3.96. The number of nitrogens with zero attached hydrogens (tertiary/aromatic N) is 2. The minimum atomic E-state index is -0.231. The number of carbonyl (C=O) groups excluding carboxylic acids is 1. The Hall–Kier alpha value is -3.35. The summed E-state index contributed by atoms with van der Waals surface area (Å²) in [5.41, 5.74) is 2.76. The molecule has 0 spiro atoms. The molecule has 2 aromatic carbocycles. The first-order chi connectivity index (χ1) is 12.7. The highest BCUT2D eigenvalue weighted by Gasteiger charge is 2.16. The molecule has 0 aliphatic carbocycles. The van der Waals surface area contributed by atoms with Gasteiger partial charge in [0.25, 0.3) is 5.91 Å². The molecule has 0 saturated heterocycles. The third kappa shape index (κ3) is 3.51. The number of benzene rings is 2. The van der Waals surface area contributed by atoms with Crippen LogP contribution in [0.5, 0.6) is 11.5 Å². The molecule has 0 saturated carbocycles. The Morgan fingerprint density at radius 1 is 1.15 bits per heavy atom. The maximum Gasteiger partial charge on any atom is 0.256 e. The molecular weight excluding hydrogens is 334 g/mol. The van der Waals surface area contributed by atoms with Gasteiger partial charge < -0.3 is 19.2 Å². The Morgan fingerprint density at radius 3 is 2.58 bits per heavy atom. The zero-order chi connectivity index (χ0) is 18.5. The lowest BCUT2D eigenvalue weighted by Crippen LogP contribution is -2.14. The summed E-state index contributed by atoms with van der Waals surface area (Å²) in [5, 5.41) is 10.4. The summed E-state index contributed by atoms with van der Waals surface area (Å²) in [7, 11) is 3.11. The van der Waals surface area contributed by atoms with Crippen molar-refractivity contribution in [3.05, 3.63) is 53.9 Å². The Kier molecular flexibility index (Phi) is 5.17. The topological polar surface area (TPSA) is 86.5 Å². The Labute approximate surface area is 151 Å². The van der Waals surface area contributed by atoms with Crippen LogP contribution in [0.15, 0.2) is 47.2 Å². The molecule has 1 heterocycles. The van der Waals surface area contributed by atoms with E-state index in [1.165, 1.54) is 6.39 Å². The van der Waals surface area contributed by atoms with E-state index >= 15 is 0 Å². The molecule has 3 rings (SSSR count). The predicted molar refractivity (Wildman–Crippen MR) is 96.6 cm³/mol. The number of aryl methyl sites for hydroxylation is 1. The minimum Gasteiger partial charge on any atom is -0.493 e. The van der Waals surface area contributed by atoms with Gasteiger partial charge in [0.2, 0.25) is 12.3 Å². The van der Waals surface area contributed by atoms with Crippen LogP contribution in [0.1, 0.15) is 22.8 Å².